The van der Waals surface area contributed by atoms with Crippen LogP contribution < -0.4 is 0 Å². The van der Waals surface area contributed by atoms with E-state index < -0.39 is 6.72 Å². The molecule has 2 N–H and O–H groups in total. The van der Waals surface area contributed by atoms with Crippen LogP contribution in [0.4, 0.5) is 0 Å². The Labute approximate surface area is 167 Å². The molecule has 1 aliphatic rings. The molecule has 1 saturated carbocycles. The highest BCUT2D eigenvalue weighted by atomic mass is 32.5. The Hall–Kier alpha value is 0.530. The highest BCUT2D eigenvalue weighted by Crippen LogP contribution is 2.45. The van der Waals surface area contributed by atoms with Crippen molar-refractivity contribution in [2.45, 2.75) is 116 Å². The minimum atomic E-state index is -3.43. The Kier molecular flexibility index (Phi) is 14.6. The van der Waals surface area contributed by atoms with E-state index in [4.69, 9.17) is 14.3 Å². The molecule has 0 saturated heterocycles. The van der Waals surface area contributed by atoms with Gasteiger partial charge < -0.3 is 14.3 Å². The smallest absolute Gasteiger partial charge is 0.321 e. The summed E-state index contributed by atoms with van der Waals surface area (Å²) in [6.45, 7) is -0.759. The molecule has 0 spiro atoms. The van der Waals surface area contributed by atoms with Crippen LogP contribution in [0.1, 0.15) is 116 Å². The normalized spacial score (nSPS) is 19.8. The van der Waals surface area contributed by atoms with Crippen molar-refractivity contribution < 1.29 is 14.3 Å². The fourth-order valence-electron chi connectivity index (χ4n) is 3.96. The van der Waals surface area contributed by atoms with E-state index in [1.54, 1.807) is 0 Å². The van der Waals surface area contributed by atoms with Gasteiger partial charge in [-0.2, -0.15) is 0 Å². The molecule has 2 atom stereocenters. The Morgan fingerprint density at radius 2 is 1.15 bits per heavy atom. The molecule has 1 rings (SSSR count). The molecule has 156 valence electrons. The van der Waals surface area contributed by atoms with E-state index in [1.807, 2.05) is 0 Å². The van der Waals surface area contributed by atoms with Gasteiger partial charge in [0, 0.05) is 0 Å². The highest BCUT2D eigenvalue weighted by Gasteiger charge is 2.34. The largest absolute Gasteiger partial charge is 0.325 e. The van der Waals surface area contributed by atoms with Crippen molar-refractivity contribution in [3.8, 4) is 0 Å². The van der Waals surface area contributed by atoms with Crippen molar-refractivity contribution >= 4 is 18.5 Å². The van der Waals surface area contributed by atoms with Crippen LogP contribution in [0.3, 0.4) is 0 Å². The summed E-state index contributed by atoms with van der Waals surface area (Å²) in [6.07, 6.45) is 23.1. The zero-order valence-corrected chi connectivity index (χ0v) is 18.8. The van der Waals surface area contributed by atoms with Crippen LogP contribution in [0, 0.1) is 11.8 Å². The Balaban J connectivity index is 1.73. The maximum Gasteiger partial charge on any atom is 0.321 e. The molecule has 0 aromatic carbocycles. The van der Waals surface area contributed by atoms with Gasteiger partial charge in [0.1, 0.15) is 0 Å². The van der Waals surface area contributed by atoms with E-state index >= 15 is 0 Å². The average Bonchev–Trinajstić information content (AvgIpc) is 3.33. The molecule has 0 radical (unpaired) electrons. The van der Waals surface area contributed by atoms with Gasteiger partial charge in [0.2, 0.25) is 0 Å². The third kappa shape index (κ3) is 15.6. The standard InChI is InChI=1S/C21H43O3PS/c1-2-3-4-5-10-13-16-20-19-21(20)17-14-11-8-6-7-9-12-15-18-24-25(22,23)26/h20-21H,2-19H2,1H3,(H2,22,23,26). The van der Waals surface area contributed by atoms with Crippen LogP contribution in [-0.4, -0.2) is 16.4 Å². The van der Waals surface area contributed by atoms with Gasteiger partial charge in [0.25, 0.3) is 0 Å². The first-order chi connectivity index (χ1) is 12.5. The Morgan fingerprint density at radius 3 is 1.62 bits per heavy atom. The lowest BCUT2D eigenvalue weighted by Crippen LogP contribution is -1.92. The molecule has 26 heavy (non-hydrogen) atoms. The lowest BCUT2D eigenvalue weighted by molar-refractivity contribution is 0.245. The van der Waals surface area contributed by atoms with Gasteiger partial charge in [-0.15, -0.1) is 0 Å². The van der Waals surface area contributed by atoms with Crippen LogP contribution in [-0.2, 0) is 16.3 Å². The van der Waals surface area contributed by atoms with Crippen molar-refractivity contribution in [2.24, 2.45) is 11.8 Å². The summed E-state index contributed by atoms with van der Waals surface area (Å²) >= 11 is 4.41. The summed E-state index contributed by atoms with van der Waals surface area (Å²) in [6, 6.07) is 0. The van der Waals surface area contributed by atoms with Crippen molar-refractivity contribution in [3.05, 3.63) is 0 Å². The molecule has 3 nitrogen and oxygen atoms in total. The van der Waals surface area contributed by atoms with E-state index in [-0.39, 0.29) is 0 Å². The van der Waals surface area contributed by atoms with Crippen LogP contribution in [0.25, 0.3) is 0 Å². The number of rotatable bonds is 19. The van der Waals surface area contributed by atoms with Crippen LogP contribution in [0.2, 0.25) is 0 Å². The van der Waals surface area contributed by atoms with E-state index in [2.05, 4.69) is 18.7 Å². The molecular formula is C21H43O3PS. The SMILES string of the molecule is CCCCCCCCC1CC1CCCCCCCCCCOP(O)(O)=S. The molecule has 0 aromatic rings. The second kappa shape index (κ2) is 15.5. The topological polar surface area (TPSA) is 49.7 Å². The van der Waals surface area contributed by atoms with Crippen molar-refractivity contribution in [3.63, 3.8) is 0 Å². The summed E-state index contributed by atoms with van der Waals surface area (Å²) in [5.74, 6) is 2.15. The average molecular weight is 407 g/mol. The van der Waals surface area contributed by atoms with Crippen molar-refractivity contribution in [1.29, 1.82) is 0 Å². The van der Waals surface area contributed by atoms with Gasteiger partial charge in [-0.3, -0.25) is 0 Å². The highest BCUT2D eigenvalue weighted by molar-refractivity contribution is 8.06. The number of hydrogen-bond donors (Lipinski definition) is 2. The predicted molar refractivity (Wildman–Crippen MR) is 116 cm³/mol. The first kappa shape index (κ1) is 24.6. The molecule has 1 fully saturated rings. The van der Waals surface area contributed by atoms with Crippen molar-refractivity contribution in [2.75, 3.05) is 6.61 Å². The molecular weight excluding hydrogens is 363 g/mol. The predicted octanol–water partition coefficient (Wildman–Crippen LogP) is 7.11. The summed E-state index contributed by atoms with van der Waals surface area (Å²) in [5.41, 5.74) is 0. The third-order valence-electron chi connectivity index (χ3n) is 5.73. The maximum absolute atomic E-state index is 8.94. The first-order valence-corrected chi connectivity index (χ1v) is 13.9. The zero-order valence-electron chi connectivity index (χ0n) is 17.0. The fourth-order valence-corrected chi connectivity index (χ4v) is 4.55. The molecule has 5 heteroatoms. The summed E-state index contributed by atoms with van der Waals surface area (Å²) < 4.78 is 4.81. The number of hydrogen-bond acceptors (Lipinski definition) is 2. The summed E-state index contributed by atoms with van der Waals surface area (Å²) in [4.78, 5) is 17.9. The molecule has 1 aliphatic carbocycles. The monoisotopic (exact) mass is 406 g/mol. The molecule has 2 unspecified atom stereocenters. The van der Waals surface area contributed by atoms with E-state index in [0.29, 0.717) is 6.61 Å². The summed E-state index contributed by atoms with van der Waals surface area (Å²) in [5, 5.41) is 0. The minimum absolute atomic E-state index is 0.381. The molecule has 0 heterocycles. The van der Waals surface area contributed by atoms with E-state index in [1.165, 1.54) is 96.3 Å². The van der Waals surface area contributed by atoms with Gasteiger partial charge in [-0.25, -0.2) is 0 Å². The quantitative estimate of drug-likeness (QED) is 0.177. The van der Waals surface area contributed by atoms with E-state index in [9.17, 15) is 0 Å². The first-order valence-electron chi connectivity index (χ1n) is 11.2. The van der Waals surface area contributed by atoms with Crippen LogP contribution in [0.5, 0.6) is 0 Å². The lowest BCUT2D eigenvalue weighted by Gasteiger charge is -2.07. The van der Waals surface area contributed by atoms with Gasteiger partial charge >= 0.3 is 6.72 Å². The van der Waals surface area contributed by atoms with Gasteiger partial charge in [-0.1, -0.05) is 103 Å². The fraction of sp³-hybridized carbons (Fsp3) is 1.00. The third-order valence-corrected chi connectivity index (χ3v) is 6.56. The number of unbranched alkanes of at least 4 members (excludes halogenated alkanes) is 12. The minimum Gasteiger partial charge on any atom is -0.325 e. The van der Waals surface area contributed by atoms with Crippen molar-refractivity contribution in [1.82, 2.24) is 0 Å². The van der Waals surface area contributed by atoms with Gasteiger partial charge in [-0.05, 0) is 36.5 Å². The Bertz CT molecular complexity index is 372. The molecule has 0 aromatic heterocycles. The van der Waals surface area contributed by atoms with Crippen LogP contribution >= 0.6 is 6.72 Å². The van der Waals surface area contributed by atoms with E-state index in [0.717, 1.165) is 24.7 Å². The summed E-state index contributed by atoms with van der Waals surface area (Å²) in [7, 11) is 0. The molecule has 0 amide bonds. The van der Waals surface area contributed by atoms with Gasteiger partial charge in [0.05, 0.1) is 6.61 Å². The lowest BCUT2D eigenvalue weighted by atomic mass is 10.0. The molecule has 0 aliphatic heterocycles. The molecule has 0 bridgehead atoms. The van der Waals surface area contributed by atoms with Crippen LogP contribution in [0.15, 0.2) is 0 Å². The van der Waals surface area contributed by atoms with Gasteiger partial charge in [0.15, 0.2) is 0 Å². The Morgan fingerprint density at radius 1 is 0.731 bits per heavy atom. The maximum atomic E-state index is 8.94. The second-order valence-corrected chi connectivity index (χ2v) is 10.9. The zero-order chi connectivity index (χ0) is 19.1. The second-order valence-electron chi connectivity index (χ2n) is 8.25.